The molecule has 7 rings (SSSR count). The molecule has 1 aromatic rings. The lowest BCUT2D eigenvalue weighted by Crippen LogP contribution is -2.69. The molecule has 0 spiro atoms. The first-order chi connectivity index (χ1) is 19.8. The summed E-state index contributed by atoms with van der Waals surface area (Å²) < 4.78 is 0. The van der Waals surface area contributed by atoms with Crippen molar-refractivity contribution in [2.45, 2.75) is 123 Å². The first-order valence-electron chi connectivity index (χ1n) is 17.5. The molecule has 1 aliphatic heterocycles. The van der Waals surface area contributed by atoms with Crippen molar-refractivity contribution in [3.63, 3.8) is 0 Å². The van der Waals surface area contributed by atoms with E-state index in [1.807, 2.05) is 0 Å². The summed E-state index contributed by atoms with van der Waals surface area (Å²) in [6.07, 6.45) is 15.3. The molecule has 2 heterocycles. The van der Waals surface area contributed by atoms with Gasteiger partial charge in [0.25, 0.3) is 0 Å². The second kappa shape index (κ2) is 9.44. The molecule has 0 radical (unpaired) electrons. The number of aromatic nitrogens is 2. The van der Waals surface area contributed by atoms with Crippen LogP contribution in [0.15, 0.2) is 18.3 Å². The number of nitrogens with zero attached hydrogens (tertiary/aromatic N) is 2. The maximum absolute atomic E-state index is 13.9. The van der Waals surface area contributed by atoms with Crippen molar-refractivity contribution < 1.29 is 4.79 Å². The topological polar surface area (TPSA) is 61.0 Å². The normalized spacial score (nSPS) is 46.5. The Morgan fingerprint density at radius 2 is 1.69 bits per heavy atom. The van der Waals surface area contributed by atoms with Crippen LogP contribution in [0.2, 0.25) is 0 Å². The molecule has 9 atom stereocenters. The van der Waals surface area contributed by atoms with E-state index in [1.165, 1.54) is 61.8 Å². The molecule has 0 bridgehead atoms. The predicted octanol–water partition coefficient (Wildman–Crippen LogP) is 7.29. The molecule has 1 aromatic heterocycles. The molecule has 5 heteroatoms. The fourth-order valence-electron chi connectivity index (χ4n) is 13.4. The lowest BCUT2D eigenvalue weighted by molar-refractivity contribution is -0.219. The van der Waals surface area contributed by atoms with Crippen LogP contribution >= 0.6 is 0 Å². The molecule has 5 aliphatic carbocycles. The smallest absolute Gasteiger partial charge is 0.223 e. The molecule has 1 saturated heterocycles. The van der Waals surface area contributed by atoms with Gasteiger partial charge in [-0.2, -0.15) is 5.10 Å². The highest BCUT2D eigenvalue weighted by molar-refractivity contribution is 5.79. The van der Waals surface area contributed by atoms with Crippen LogP contribution < -0.4 is 5.32 Å². The average Bonchev–Trinajstić information content (AvgIpc) is 3.55. The quantitative estimate of drug-likeness (QED) is 0.373. The van der Waals surface area contributed by atoms with Gasteiger partial charge in [0.05, 0.1) is 6.20 Å². The minimum atomic E-state index is -0.0446. The van der Waals surface area contributed by atoms with E-state index in [0.717, 1.165) is 44.7 Å². The largest absolute Gasteiger partial charge is 0.350 e. The fourth-order valence-corrected chi connectivity index (χ4v) is 13.4. The molecular weight excluding hydrogens is 516 g/mol. The van der Waals surface area contributed by atoms with E-state index in [1.54, 1.807) is 0 Å². The van der Waals surface area contributed by atoms with Gasteiger partial charge in [0.1, 0.15) is 0 Å². The van der Waals surface area contributed by atoms with Gasteiger partial charge in [-0.15, -0.1) is 0 Å². The number of fused-ring (bicyclic) bond motifs is 8. The molecule has 2 N–H and O–H groups in total. The Labute approximate surface area is 255 Å². The third kappa shape index (κ3) is 3.76. The maximum atomic E-state index is 13.9. The molecule has 5 nitrogen and oxygen atoms in total. The molecular formula is C37H58N4O. The third-order valence-corrected chi connectivity index (χ3v) is 15.6. The first-order valence-corrected chi connectivity index (χ1v) is 17.5. The summed E-state index contributed by atoms with van der Waals surface area (Å²) in [5.41, 5.74) is 5.19. The average molecular weight is 575 g/mol. The lowest BCUT2D eigenvalue weighted by atomic mass is 9.33. The number of piperidine rings is 1. The monoisotopic (exact) mass is 574 g/mol. The molecule has 1 amide bonds. The number of nitrogens with one attached hydrogen (secondary N) is 2. The van der Waals surface area contributed by atoms with Gasteiger partial charge < -0.3 is 10.2 Å². The number of carbonyl (C=O) groups is 1. The summed E-state index contributed by atoms with van der Waals surface area (Å²) in [6.45, 7) is 22.0. The SMILES string of the molecule is C=C(C)[C@@H]1CC[C@]2(NC(=O)C3CCN(C)CC3)CC[C@]3(C)[C@H](CC[C@@H]4[C@@]5(C)Cc6cn[nH]c6C(C)(C)[C@@H]5CC[C@]43C)[C@@H]12. The Kier molecular flexibility index (Phi) is 6.54. The van der Waals surface area contributed by atoms with Gasteiger partial charge in [-0.05, 0) is 149 Å². The zero-order chi connectivity index (χ0) is 29.9. The van der Waals surface area contributed by atoms with E-state index in [0.29, 0.717) is 40.4 Å². The summed E-state index contributed by atoms with van der Waals surface area (Å²) in [5.74, 6) is 3.64. The Morgan fingerprint density at radius 3 is 2.40 bits per heavy atom. The molecule has 0 aromatic carbocycles. The summed E-state index contributed by atoms with van der Waals surface area (Å²) in [7, 11) is 2.19. The number of likely N-dealkylation sites (tertiary alicyclic amines) is 1. The molecule has 6 aliphatic rings. The zero-order valence-corrected chi connectivity index (χ0v) is 27.7. The maximum Gasteiger partial charge on any atom is 0.223 e. The van der Waals surface area contributed by atoms with Gasteiger partial charge in [-0.3, -0.25) is 9.89 Å². The van der Waals surface area contributed by atoms with E-state index < -0.39 is 0 Å². The van der Waals surface area contributed by atoms with E-state index in [9.17, 15) is 4.79 Å². The Hall–Kier alpha value is -1.62. The van der Waals surface area contributed by atoms with Crippen molar-refractivity contribution in [2.75, 3.05) is 20.1 Å². The summed E-state index contributed by atoms with van der Waals surface area (Å²) in [6, 6.07) is 0. The summed E-state index contributed by atoms with van der Waals surface area (Å²) >= 11 is 0. The van der Waals surface area contributed by atoms with Crippen molar-refractivity contribution >= 4 is 5.91 Å². The standard InChI is InChI=1S/C37H58N4O/c1-23(2)26-11-16-37(39-32(42)24-13-19-41(8)20-14-24)18-17-35(6)27(30(26)37)9-10-29-34(5)21-25-22-38-40-31(25)33(3,4)28(34)12-15-36(29,35)7/h22,24,26-30H,1,9-21H2,2-8H3,(H,38,40)(H,39,42)/t26-,27+,28-,29+,30+,34-,35+,36+,37-/m0/s1. The third-order valence-electron chi connectivity index (χ3n) is 15.6. The fraction of sp³-hybridized carbons (Fsp3) is 0.838. The van der Waals surface area contributed by atoms with Crippen LogP contribution in [-0.4, -0.2) is 46.7 Å². The molecule has 0 unspecified atom stereocenters. The van der Waals surface area contributed by atoms with E-state index in [2.05, 4.69) is 81.8 Å². The van der Waals surface area contributed by atoms with Crippen molar-refractivity contribution in [1.82, 2.24) is 20.4 Å². The van der Waals surface area contributed by atoms with Crippen LogP contribution in [0, 0.1) is 51.8 Å². The summed E-state index contributed by atoms with van der Waals surface area (Å²) in [4.78, 5) is 16.3. The van der Waals surface area contributed by atoms with Crippen molar-refractivity contribution in [1.29, 1.82) is 0 Å². The van der Waals surface area contributed by atoms with Crippen molar-refractivity contribution in [3.05, 3.63) is 29.6 Å². The number of amides is 1. The lowest BCUT2D eigenvalue weighted by Gasteiger charge is -2.72. The highest BCUT2D eigenvalue weighted by Crippen LogP contribution is 2.76. The number of rotatable bonds is 3. The molecule has 4 saturated carbocycles. The Bertz CT molecular complexity index is 1260. The Morgan fingerprint density at radius 1 is 0.952 bits per heavy atom. The number of hydrogen-bond donors (Lipinski definition) is 2. The number of hydrogen-bond acceptors (Lipinski definition) is 3. The molecule has 5 fully saturated rings. The molecule has 232 valence electrons. The van der Waals surface area contributed by atoms with Crippen molar-refractivity contribution in [3.8, 4) is 0 Å². The number of H-pyrrole nitrogens is 1. The zero-order valence-electron chi connectivity index (χ0n) is 27.7. The van der Waals surface area contributed by atoms with Crippen LogP contribution in [-0.2, 0) is 16.6 Å². The second-order valence-corrected chi connectivity index (χ2v) is 17.6. The van der Waals surface area contributed by atoms with Crippen LogP contribution in [0.5, 0.6) is 0 Å². The van der Waals surface area contributed by atoms with E-state index in [4.69, 9.17) is 0 Å². The van der Waals surface area contributed by atoms with E-state index >= 15 is 0 Å². The minimum absolute atomic E-state index is 0.0446. The second-order valence-electron chi connectivity index (χ2n) is 17.6. The predicted molar refractivity (Wildman–Crippen MR) is 170 cm³/mol. The van der Waals surface area contributed by atoms with Crippen LogP contribution in [0.25, 0.3) is 0 Å². The first kappa shape index (κ1) is 29.1. The van der Waals surface area contributed by atoms with Crippen LogP contribution in [0.4, 0.5) is 0 Å². The molecule has 42 heavy (non-hydrogen) atoms. The van der Waals surface area contributed by atoms with Gasteiger partial charge in [0, 0.05) is 22.6 Å². The van der Waals surface area contributed by atoms with Crippen LogP contribution in [0.3, 0.4) is 0 Å². The van der Waals surface area contributed by atoms with Gasteiger partial charge in [0.15, 0.2) is 0 Å². The summed E-state index contributed by atoms with van der Waals surface area (Å²) in [5, 5.41) is 11.8. The van der Waals surface area contributed by atoms with Gasteiger partial charge in [0.2, 0.25) is 5.91 Å². The minimum Gasteiger partial charge on any atom is -0.350 e. The van der Waals surface area contributed by atoms with Crippen LogP contribution in [0.1, 0.15) is 117 Å². The van der Waals surface area contributed by atoms with Crippen molar-refractivity contribution in [2.24, 2.45) is 51.8 Å². The number of aromatic amines is 1. The van der Waals surface area contributed by atoms with E-state index in [-0.39, 0.29) is 22.3 Å². The van der Waals surface area contributed by atoms with Gasteiger partial charge >= 0.3 is 0 Å². The Balaban J connectivity index is 1.22. The highest BCUT2D eigenvalue weighted by atomic mass is 16.2. The van der Waals surface area contributed by atoms with Gasteiger partial charge in [-0.1, -0.05) is 46.8 Å². The highest BCUT2D eigenvalue weighted by Gasteiger charge is 2.71. The van der Waals surface area contributed by atoms with Gasteiger partial charge in [-0.25, -0.2) is 0 Å². The number of allylic oxidation sites excluding steroid dienone is 1. The number of carbonyl (C=O) groups excluding carboxylic acids is 1.